The number of carbonyl (C=O) groups excluding carboxylic acids is 1. The number of nitrogens with one attached hydrogen (secondary N) is 1. The number of halogens is 4. The number of carbonyl (C=O) groups is 1. The summed E-state index contributed by atoms with van der Waals surface area (Å²) in [5.74, 6) is -1.90. The van der Waals surface area contributed by atoms with Gasteiger partial charge in [-0.1, -0.05) is 22.0 Å². The Morgan fingerprint density at radius 2 is 1.91 bits per heavy atom. The lowest BCUT2D eigenvalue weighted by Gasteiger charge is -2.13. The first-order valence-corrected chi connectivity index (χ1v) is 8.52. The summed E-state index contributed by atoms with van der Waals surface area (Å²) in [6.45, 7) is 1.62. The van der Waals surface area contributed by atoms with Gasteiger partial charge in [0.15, 0.2) is 0 Å². The molecule has 0 saturated carbocycles. The predicted molar refractivity (Wildman–Crippen MR) is 89.8 cm³/mol. The maximum atomic E-state index is 13.7. The van der Waals surface area contributed by atoms with Crippen molar-refractivity contribution in [2.75, 3.05) is 5.32 Å². The zero-order valence-corrected chi connectivity index (χ0v) is 14.5. The number of rotatable bonds is 5. The molecule has 1 atom stereocenters. The number of amides is 1. The van der Waals surface area contributed by atoms with Crippen molar-refractivity contribution in [1.29, 1.82) is 0 Å². The zero-order chi connectivity index (χ0) is 17.0. The van der Waals surface area contributed by atoms with Crippen molar-refractivity contribution in [3.63, 3.8) is 0 Å². The lowest BCUT2D eigenvalue weighted by Crippen LogP contribution is -2.23. The van der Waals surface area contributed by atoms with Gasteiger partial charge in [-0.3, -0.25) is 4.79 Å². The highest BCUT2D eigenvalue weighted by Crippen LogP contribution is 2.24. The van der Waals surface area contributed by atoms with E-state index in [9.17, 15) is 18.0 Å². The highest BCUT2D eigenvalue weighted by molar-refractivity contribution is 9.10. The molecular weight excluding hydrogens is 391 g/mol. The van der Waals surface area contributed by atoms with Gasteiger partial charge >= 0.3 is 0 Å². The first-order valence-electron chi connectivity index (χ1n) is 6.68. The van der Waals surface area contributed by atoms with Crippen LogP contribution in [0.1, 0.15) is 12.5 Å². The molecule has 0 bridgehead atoms. The third kappa shape index (κ3) is 5.00. The van der Waals surface area contributed by atoms with E-state index in [1.807, 2.05) is 0 Å². The molecule has 0 fully saturated rings. The Balaban J connectivity index is 1.96. The Labute approximate surface area is 144 Å². The SMILES string of the molecule is CC(SCc1ccc(Br)cc1F)C(=O)Nc1cc(F)ccc1F. The van der Waals surface area contributed by atoms with Crippen LogP contribution in [0.25, 0.3) is 0 Å². The van der Waals surface area contributed by atoms with Gasteiger partial charge in [0.05, 0.1) is 10.9 Å². The van der Waals surface area contributed by atoms with Gasteiger partial charge in [-0.05, 0) is 36.8 Å². The lowest BCUT2D eigenvalue weighted by atomic mass is 10.2. The molecule has 23 heavy (non-hydrogen) atoms. The minimum atomic E-state index is -0.712. The Bertz CT molecular complexity index is 726. The summed E-state index contributed by atoms with van der Waals surface area (Å²) in [6.07, 6.45) is 0. The molecule has 0 spiro atoms. The average Bonchev–Trinajstić information content (AvgIpc) is 2.49. The van der Waals surface area contributed by atoms with Crippen LogP contribution >= 0.6 is 27.7 Å². The lowest BCUT2D eigenvalue weighted by molar-refractivity contribution is -0.115. The fourth-order valence-corrected chi connectivity index (χ4v) is 2.96. The van der Waals surface area contributed by atoms with Crippen LogP contribution in [0.2, 0.25) is 0 Å². The second-order valence-electron chi connectivity index (χ2n) is 4.80. The van der Waals surface area contributed by atoms with E-state index in [1.54, 1.807) is 19.1 Å². The molecule has 0 aliphatic rings. The van der Waals surface area contributed by atoms with Crippen molar-refractivity contribution in [2.45, 2.75) is 17.9 Å². The van der Waals surface area contributed by atoms with Crippen molar-refractivity contribution in [3.8, 4) is 0 Å². The molecule has 2 nitrogen and oxygen atoms in total. The van der Waals surface area contributed by atoms with E-state index < -0.39 is 22.8 Å². The van der Waals surface area contributed by atoms with Gasteiger partial charge in [-0.25, -0.2) is 13.2 Å². The van der Waals surface area contributed by atoms with Crippen LogP contribution in [0.15, 0.2) is 40.9 Å². The van der Waals surface area contributed by atoms with Crippen LogP contribution in [0.5, 0.6) is 0 Å². The first kappa shape index (κ1) is 17.9. The molecule has 1 unspecified atom stereocenters. The van der Waals surface area contributed by atoms with Crippen molar-refractivity contribution >= 4 is 39.3 Å². The number of anilines is 1. The molecule has 2 aromatic carbocycles. The van der Waals surface area contributed by atoms with Gasteiger partial charge in [0, 0.05) is 16.3 Å². The maximum absolute atomic E-state index is 13.7. The normalized spacial score (nSPS) is 12.0. The predicted octanol–water partition coefficient (Wildman–Crippen LogP) is 5.13. The highest BCUT2D eigenvalue weighted by Gasteiger charge is 2.16. The van der Waals surface area contributed by atoms with Crippen molar-refractivity contribution in [3.05, 3.63) is 63.9 Å². The van der Waals surface area contributed by atoms with Crippen LogP contribution < -0.4 is 5.32 Å². The van der Waals surface area contributed by atoms with Crippen molar-refractivity contribution < 1.29 is 18.0 Å². The molecule has 0 saturated heterocycles. The molecule has 1 N–H and O–H groups in total. The van der Waals surface area contributed by atoms with Gasteiger partial charge in [-0.2, -0.15) is 0 Å². The summed E-state index contributed by atoms with van der Waals surface area (Å²) in [4.78, 5) is 12.0. The number of benzene rings is 2. The van der Waals surface area contributed by atoms with Crippen molar-refractivity contribution in [2.24, 2.45) is 0 Å². The smallest absolute Gasteiger partial charge is 0.237 e. The Kier molecular flexibility index (Phi) is 6.12. The van der Waals surface area contributed by atoms with E-state index >= 15 is 0 Å². The number of hydrogen-bond acceptors (Lipinski definition) is 2. The molecule has 2 aromatic rings. The van der Waals surface area contributed by atoms with E-state index in [4.69, 9.17) is 0 Å². The van der Waals surface area contributed by atoms with Gasteiger partial charge in [0.2, 0.25) is 5.91 Å². The first-order chi connectivity index (χ1) is 10.9. The van der Waals surface area contributed by atoms with Crippen LogP contribution in [-0.4, -0.2) is 11.2 Å². The number of hydrogen-bond donors (Lipinski definition) is 1. The van der Waals surface area contributed by atoms with Gasteiger partial charge in [-0.15, -0.1) is 11.8 Å². The van der Waals surface area contributed by atoms with E-state index in [2.05, 4.69) is 21.2 Å². The average molecular weight is 404 g/mol. The highest BCUT2D eigenvalue weighted by atomic mass is 79.9. The Morgan fingerprint density at radius 3 is 2.61 bits per heavy atom. The summed E-state index contributed by atoms with van der Waals surface area (Å²) in [6, 6.07) is 7.52. The summed E-state index contributed by atoms with van der Waals surface area (Å²) in [5, 5.41) is 1.78. The molecule has 2 rings (SSSR count). The Morgan fingerprint density at radius 1 is 1.17 bits per heavy atom. The van der Waals surface area contributed by atoms with E-state index in [-0.39, 0.29) is 11.5 Å². The van der Waals surface area contributed by atoms with E-state index in [1.165, 1.54) is 17.8 Å². The fraction of sp³-hybridized carbons (Fsp3) is 0.188. The Hall–Kier alpha value is -1.47. The molecule has 1 amide bonds. The largest absolute Gasteiger partial charge is 0.323 e. The van der Waals surface area contributed by atoms with Crippen LogP contribution in [0.4, 0.5) is 18.9 Å². The number of thioether (sulfide) groups is 1. The molecule has 0 radical (unpaired) electrons. The van der Waals surface area contributed by atoms with Crippen molar-refractivity contribution in [1.82, 2.24) is 0 Å². The van der Waals surface area contributed by atoms with E-state index in [0.717, 1.165) is 18.2 Å². The molecule has 0 aliphatic heterocycles. The minimum absolute atomic E-state index is 0.211. The topological polar surface area (TPSA) is 29.1 Å². The quantitative estimate of drug-likeness (QED) is 0.749. The molecular formula is C16H13BrF3NOS. The molecule has 0 aliphatic carbocycles. The van der Waals surface area contributed by atoms with E-state index in [0.29, 0.717) is 15.8 Å². The molecule has 0 aromatic heterocycles. The second kappa shape index (κ2) is 7.88. The fourth-order valence-electron chi connectivity index (χ4n) is 1.76. The maximum Gasteiger partial charge on any atom is 0.237 e. The van der Waals surface area contributed by atoms with Crippen LogP contribution in [-0.2, 0) is 10.5 Å². The van der Waals surface area contributed by atoms with Gasteiger partial charge in [0.25, 0.3) is 0 Å². The molecule has 0 heterocycles. The van der Waals surface area contributed by atoms with Crippen LogP contribution in [0, 0.1) is 17.5 Å². The summed E-state index contributed by atoms with van der Waals surface area (Å²) >= 11 is 4.38. The standard InChI is InChI=1S/C16H13BrF3NOS/c1-9(23-8-10-2-3-11(17)6-14(10)20)16(22)21-15-7-12(18)4-5-13(15)19/h2-7,9H,8H2,1H3,(H,21,22). The zero-order valence-electron chi connectivity index (χ0n) is 12.1. The monoisotopic (exact) mass is 403 g/mol. The summed E-state index contributed by atoms with van der Waals surface area (Å²) < 4.78 is 40.9. The minimum Gasteiger partial charge on any atom is -0.323 e. The molecule has 7 heteroatoms. The van der Waals surface area contributed by atoms with Gasteiger partial charge < -0.3 is 5.32 Å². The molecule has 122 valence electrons. The third-order valence-corrected chi connectivity index (χ3v) is 4.74. The van der Waals surface area contributed by atoms with Gasteiger partial charge in [0.1, 0.15) is 17.5 Å². The summed E-state index contributed by atoms with van der Waals surface area (Å²) in [5.41, 5.74) is 0.257. The third-order valence-electron chi connectivity index (χ3n) is 3.06. The second-order valence-corrected chi connectivity index (χ2v) is 7.05. The summed E-state index contributed by atoms with van der Waals surface area (Å²) in [7, 11) is 0. The van der Waals surface area contributed by atoms with Crippen LogP contribution in [0.3, 0.4) is 0 Å².